The summed E-state index contributed by atoms with van der Waals surface area (Å²) in [7, 11) is 0. The summed E-state index contributed by atoms with van der Waals surface area (Å²) in [5, 5.41) is 0. The van der Waals surface area contributed by atoms with Crippen LogP contribution in [0.3, 0.4) is 0 Å². The number of rotatable bonds is 9. The Bertz CT molecular complexity index is 482. The average molecular weight is 306 g/mol. The van der Waals surface area contributed by atoms with Gasteiger partial charge in [-0.25, -0.2) is 0 Å². The first-order valence-electron chi connectivity index (χ1n) is 8.13. The molecule has 0 spiro atoms. The van der Waals surface area contributed by atoms with Crippen LogP contribution in [0.5, 0.6) is 11.5 Å². The molecule has 0 bridgehead atoms. The molecule has 22 heavy (non-hydrogen) atoms. The molecular weight excluding hydrogens is 280 g/mol. The van der Waals surface area contributed by atoms with Crippen molar-refractivity contribution >= 4 is 11.9 Å². The molecule has 1 aromatic carbocycles. The highest BCUT2D eigenvalue weighted by Crippen LogP contribution is 2.28. The van der Waals surface area contributed by atoms with Gasteiger partial charge in [-0.2, -0.15) is 0 Å². The number of para-hydroxylation sites is 2. The third kappa shape index (κ3) is 5.88. The maximum absolute atomic E-state index is 12.4. The van der Waals surface area contributed by atoms with Gasteiger partial charge in [0.1, 0.15) is 0 Å². The van der Waals surface area contributed by atoms with Crippen LogP contribution in [-0.2, 0) is 9.59 Å². The first kappa shape index (κ1) is 18.2. The molecule has 0 amide bonds. The predicted molar refractivity (Wildman–Crippen MR) is 85.9 cm³/mol. The Morgan fingerprint density at radius 2 is 1.59 bits per heavy atom. The summed E-state index contributed by atoms with van der Waals surface area (Å²) in [5.74, 6) is -0.0740. The largest absolute Gasteiger partial charge is 0.423 e. The number of carbonyl (C=O) groups is 2. The second kappa shape index (κ2) is 9.98. The van der Waals surface area contributed by atoms with Gasteiger partial charge in [0.15, 0.2) is 11.5 Å². The van der Waals surface area contributed by atoms with Gasteiger partial charge >= 0.3 is 11.9 Å². The van der Waals surface area contributed by atoms with Gasteiger partial charge < -0.3 is 9.47 Å². The Kier molecular flexibility index (Phi) is 8.26. The highest BCUT2D eigenvalue weighted by Gasteiger charge is 2.21. The summed E-state index contributed by atoms with van der Waals surface area (Å²) >= 11 is 0. The number of benzene rings is 1. The second-order valence-electron chi connectivity index (χ2n) is 5.32. The third-order valence-corrected chi connectivity index (χ3v) is 3.45. The lowest BCUT2D eigenvalue weighted by Gasteiger charge is -2.16. The Hall–Kier alpha value is -1.84. The minimum absolute atomic E-state index is 0.0973. The molecule has 4 heteroatoms. The minimum Gasteiger partial charge on any atom is -0.423 e. The van der Waals surface area contributed by atoms with Crippen molar-refractivity contribution in [2.45, 2.75) is 59.3 Å². The van der Waals surface area contributed by atoms with Crippen LogP contribution in [0.25, 0.3) is 0 Å². The molecule has 0 aliphatic heterocycles. The molecule has 0 fully saturated rings. The van der Waals surface area contributed by atoms with E-state index in [1.54, 1.807) is 31.2 Å². The fraction of sp³-hybridized carbons (Fsp3) is 0.556. The SMILES string of the molecule is CCCCC(CCC)C(=O)Oc1ccccc1OC(=O)CC. The van der Waals surface area contributed by atoms with E-state index in [-0.39, 0.29) is 24.3 Å². The molecule has 1 aromatic rings. The number of hydrogen-bond donors (Lipinski definition) is 0. The van der Waals surface area contributed by atoms with E-state index in [1.165, 1.54) is 0 Å². The Balaban J connectivity index is 2.79. The summed E-state index contributed by atoms with van der Waals surface area (Å²) in [5.41, 5.74) is 0. The molecule has 0 N–H and O–H groups in total. The van der Waals surface area contributed by atoms with E-state index < -0.39 is 0 Å². The summed E-state index contributed by atoms with van der Waals surface area (Å²) < 4.78 is 10.7. The van der Waals surface area contributed by atoms with Gasteiger partial charge in [0.25, 0.3) is 0 Å². The molecule has 1 rings (SSSR count). The zero-order valence-electron chi connectivity index (χ0n) is 13.8. The standard InChI is InChI=1S/C18H26O4/c1-4-7-11-14(10-5-2)18(20)22-16-13-9-8-12-15(16)21-17(19)6-3/h8-9,12-14H,4-7,10-11H2,1-3H3. The normalized spacial score (nSPS) is 11.8. The molecule has 122 valence electrons. The quantitative estimate of drug-likeness (QED) is 0.497. The van der Waals surface area contributed by atoms with Gasteiger partial charge in [0, 0.05) is 6.42 Å². The van der Waals surface area contributed by atoms with Gasteiger partial charge in [0.05, 0.1) is 5.92 Å². The van der Waals surface area contributed by atoms with Crippen LogP contribution in [0.4, 0.5) is 0 Å². The summed E-state index contributed by atoms with van der Waals surface area (Å²) in [6.45, 7) is 5.88. The minimum atomic E-state index is -0.348. The lowest BCUT2D eigenvalue weighted by atomic mass is 9.97. The van der Waals surface area contributed by atoms with Crippen molar-refractivity contribution in [3.63, 3.8) is 0 Å². The lowest BCUT2D eigenvalue weighted by molar-refractivity contribution is -0.140. The van der Waals surface area contributed by atoms with Crippen LogP contribution >= 0.6 is 0 Å². The van der Waals surface area contributed by atoms with Crippen molar-refractivity contribution in [1.29, 1.82) is 0 Å². The van der Waals surface area contributed by atoms with Gasteiger partial charge in [-0.3, -0.25) is 9.59 Å². The first-order valence-corrected chi connectivity index (χ1v) is 8.13. The Morgan fingerprint density at radius 3 is 2.14 bits per heavy atom. The average Bonchev–Trinajstić information content (AvgIpc) is 2.53. The predicted octanol–water partition coefficient (Wildman–Crippen LogP) is 4.51. The molecule has 1 unspecified atom stereocenters. The molecule has 0 heterocycles. The topological polar surface area (TPSA) is 52.6 Å². The van der Waals surface area contributed by atoms with Crippen molar-refractivity contribution in [2.75, 3.05) is 0 Å². The van der Waals surface area contributed by atoms with Crippen LogP contribution in [0.15, 0.2) is 24.3 Å². The summed E-state index contributed by atoms with van der Waals surface area (Å²) in [6.07, 6.45) is 4.92. The maximum Gasteiger partial charge on any atom is 0.314 e. The number of hydrogen-bond acceptors (Lipinski definition) is 4. The number of unbranched alkanes of at least 4 members (excludes halogenated alkanes) is 1. The van der Waals surface area contributed by atoms with Crippen molar-refractivity contribution in [2.24, 2.45) is 5.92 Å². The van der Waals surface area contributed by atoms with Gasteiger partial charge in [-0.05, 0) is 25.0 Å². The molecule has 0 radical (unpaired) electrons. The Morgan fingerprint density at radius 1 is 0.955 bits per heavy atom. The monoisotopic (exact) mass is 306 g/mol. The van der Waals surface area contributed by atoms with Gasteiger partial charge in [0.2, 0.25) is 0 Å². The lowest BCUT2D eigenvalue weighted by Crippen LogP contribution is -2.21. The highest BCUT2D eigenvalue weighted by molar-refractivity contribution is 5.77. The van der Waals surface area contributed by atoms with Gasteiger partial charge in [-0.15, -0.1) is 0 Å². The van der Waals surface area contributed by atoms with Crippen LogP contribution < -0.4 is 9.47 Å². The van der Waals surface area contributed by atoms with Crippen molar-refractivity contribution in [1.82, 2.24) is 0 Å². The van der Waals surface area contributed by atoms with Crippen LogP contribution in [-0.4, -0.2) is 11.9 Å². The van der Waals surface area contributed by atoms with E-state index >= 15 is 0 Å². The van der Waals surface area contributed by atoms with Crippen LogP contribution in [0.1, 0.15) is 59.3 Å². The first-order chi connectivity index (χ1) is 10.6. The molecule has 0 aliphatic carbocycles. The smallest absolute Gasteiger partial charge is 0.314 e. The van der Waals surface area contributed by atoms with E-state index in [2.05, 4.69) is 13.8 Å². The summed E-state index contributed by atoms with van der Waals surface area (Å²) in [4.78, 5) is 23.8. The zero-order chi connectivity index (χ0) is 16.4. The Labute approximate surface area is 132 Å². The molecule has 0 saturated heterocycles. The number of esters is 2. The zero-order valence-corrected chi connectivity index (χ0v) is 13.8. The van der Waals surface area contributed by atoms with Crippen LogP contribution in [0, 0.1) is 5.92 Å². The molecule has 0 aromatic heterocycles. The second-order valence-corrected chi connectivity index (χ2v) is 5.32. The molecule has 0 saturated carbocycles. The van der Waals surface area contributed by atoms with E-state index in [4.69, 9.17) is 9.47 Å². The van der Waals surface area contributed by atoms with E-state index in [0.29, 0.717) is 11.5 Å². The van der Waals surface area contributed by atoms with E-state index in [9.17, 15) is 9.59 Å². The number of carbonyl (C=O) groups excluding carboxylic acids is 2. The van der Waals surface area contributed by atoms with Crippen molar-refractivity contribution < 1.29 is 19.1 Å². The maximum atomic E-state index is 12.4. The third-order valence-electron chi connectivity index (χ3n) is 3.45. The highest BCUT2D eigenvalue weighted by atomic mass is 16.6. The van der Waals surface area contributed by atoms with Gasteiger partial charge in [-0.1, -0.05) is 52.2 Å². The van der Waals surface area contributed by atoms with Crippen LogP contribution in [0.2, 0.25) is 0 Å². The molecule has 0 aliphatic rings. The number of ether oxygens (including phenoxy) is 2. The molecule has 4 nitrogen and oxygen atoms in total. The molecular formula is C18H26O4. The molecule has 1 atom stereocenters. The van der Waals surface area contributed by atoms with Crippen molar-refractivity contribution in [3.05, 3.63) is 24.3 Å². The van der Waals surface area contributed by atoms with E-state index in [0.717, 1.165) is 32.1 Å². The van der Waals surface area contributed by atoms with Crippen molar-refractivity contribution in [3.8, 4) is 11.5 Å². The fourth-order valence-electron chi connectivity index (χ4n) is 2.18. The fourth-order valence-corrected chi connectivity index (χ4v) is 2.18. The summed E-state index contributed by atoms with van der Waals surface area (Å²) in [6, 6.07) is 6.79. The van der Waals surface area contributed by atoms with E-state index in [1.807, 2.05) is 0 Å².